The molecule has 0 aromatic carbocycles. The number of carbonyl (C=O) groups is 1. The summed E-state index contributed by atoms with van der Waals surface area (Å²) < 4.78 is 0. The lowest BCUT2D eigenvalue weighted by Gasteiger charge is -2.59. The average molecular weight is 205 g/mol. The number of carbonyl (C=O) groups excluding carboxylic acids is 1. The average Bonchev–Trinajstić information content (AvgIpc) is 2.57. The predicted octanol–water partition coefficient (Wildman–Crippen LogP) is 1.95. The van der Waals surface area contributed by atoms with Gasteiger partial charge >= 0.3 is 0 Å². The van der Waals surface area contributed by atoms with Crippen molar-refractivity contribution in [2.75, 3.05) is 6.54 Å². The minimum Gasteiger partial charge on any atom is -0.355 e. The summed E-state index contributed by atoms with van der Waals surface area (Å²) in [5.41, 5.74) is 0.407. The minimum absolute atomic E-state index is 0.322. The smallest absolute Gasteiger partial charge is 0.220 e. The zero-order chi connectivity index (χ0) is 10.0. The number of rotatable bonds is 0. The highest BCUT2D eigenvalue weighted by Gasteiger charge is 2.59. The molecule has 1 spiro atoms. The molecule has 5 aliphatic rings. The maximum Gasteiger partial charge on any atom is 0.220 e. The maximum atomic E-state index is 11.5. The Hall–Kier alpha value is -0.530. The Morgan fingerprint density at radius 2 is 1.60 bits per heavy atom. The summed E-state index contributed by atoms with van der Waals surface area (Å²) in [7, 11) is 0. The zero-order valence-corrected chi connectivity index (χ0v) is 9.17. The second-order valence-electron chi connectivity index (χ2n) is 6.49. The predicted molar refractivity (Wildman–Crippen MR) is 57.1 cm³/mol. The SMILES string of the molecule is O=C1CC2(CN1)C1CC3CC(C1)CC2C3. The highest BCUT2D eigenvalue weighted by Crippen LogP contribution is 2.64. The van der Waals surface area contributed by atoms with Gasteiger partial charge in [0.05, 0.1) is 0 Å². The molecule has 0 unspecified atom stereocenters. The number of hydrogen-bond donors (Lipinski definition) is 1. The Balaban J connectivity index is 1.73. The van der Waals surface area contributed by atoms with E-state index in [1.165, 1.54) is 32.1 Å². The van der Waals surface area contributed by atoms with Crippen LogP contribution in [0, 0.1) is 29.1 Å². The fraction of sp³-hybridized carbons (Fsp3) is 0.923. The molecule has 15 heavy (non-hydrogen) atoms. The van der Waals surface area contributed by atoms with E-state index in [9.17, 15) is 4.79 Å². The topological polar surface area (TPSA) is 29.1 Å². The molecule has 5 fully saturated rings. The first kappa shape index (κ1) is 8.60. The van der Waals surface area contributed by atoms with E-state index in [1.54, 1.807) is 0 Å². The van der Waals surface area contributed by atoms with E-state index in [4.69, 9.17) is 0 Å². The third-order valence-corrected chi connectivity index (χ3v) is 5.87. The van der Waals surface area contributed by atoms with Gasteiger partial charge in [0, 0.05) is 18.4 Å². The van der Waals surface area contributed by atoms with Crippen molar-refractivity contribution < 1.29 is 4.79 Å². The Morgan fingerprint density at radius 1 is 1.00 bits per heavy atom. The molecule has 1 saturated heterocycles. The molecule has 5 rings (SSSR count). The van der Waals surface area contributed by atoms with Gasteiger partial charge in [-0.1, -0.05) is 0 Å². The highest BCUT2D eigenvalue weighted by atomic mass is 16.1. The van der Waals surface area contributed by atoms with Gasteiger partial charge in [-0.3, -0.25) is 4.79 Å². The van der Waals surface area contributed by atoms with Crippen molar-refractivity contribution in [3.8, 4) is 0 Å². The normalized spacial score (nSPS) is 56.4. The molecule has 1 aliphatic heterocycles. The lowest BCUT2D eigenvalue weighted by atomic mass is 9.45. The van der Waals surface area contributed by atoms with Gasteiger partial charge in [-0.05, 0) is 55.8 Å². The van der Waals surface area contributed by atoms with Crippen molar-refractivity contribution in [2.24, 2.45) is 29.1 Å². The van der Waals surface area contributed by atoms with Crippen molar-refractivity contribution >= 4 is 5.91 Å². The Bertz CT molecular complexity index is 294. The highest BCUT2D eigenvalue weighted by molar-refractivity contribution is 5.79. The number of hydrogen-bond acceptors (Lipinski definition) is 1. The molecular weight excluding hydrogens is 186 g/mol. The summed E-state index contributed by atoms with van der Waals surface area (Å²) in [6.45, 7) is 1.00. The summed E-state index contributed by atoms with van der Waals surface area (Å²) in [4.78, 5) is 11.5. The molecule has 0 aromatic rings. The quantitative estimate of drug-likeness (QED) is 0.643. The van der Waals surface area contributed by atoms with E-state index in [-0.39, 0.29) is 0 Å². The third kappa shape index (κ3) is 0.982. The Kier molecular flexibility index (Phi) is 1.48. The second-order valence-corrected chi connectivity index (χ2v) is 6.49. The van der Waals surface area contributed by atoms with Crippen LogP contribution < -0.4 is 5.32 Å². The van der Waals surface area contributed by atoms with E-state index in [2.05, 4.69) is 5.32 Å². The lowest BCUT2D eigenvalue weighted by molar-refractivity contribution is -0.125. The summed E-state index contributed by atoms with van der Waals surface area (Å²) in [5, 5.41) is 3.10. The van der Waals surface area contributed by atoms with Crippen LogP contribution in [0.4, 0.5) is 0 Å². The van der Waals surface area contributed by atoms with Crippen molar-refractivity contribution in [1.29, 1.82) is 0 Å². The van der Waals surface area contributed by atoms with Crippen molar-refractivity contribution in [3.05, 3.63) is 0 Å². The van der Waals surface area contributed by atoms with E-state index < -0.39 is 0 Å². The van der Waals surface area contributed by atoms with Crippen LogP contribution in [-0.4, -0.2) is 12.5 Å². The van der Waals surface area contributed by atoms with Crippen molar-refractivity contribution in [3.63, 3.8) is 0 Å². The van der Waals surface area contributed by atoms with Gasteiger partial charge in [0.1, 0.15) is 0 Å². The largest absolute Gasteiger partial charge is 0.355 e. The zero-order valence-electron chi connectivity index (χ0n) is 9.17. The van der Waals surface area contributed by atoms with Crippen LogP contribution in [0.3, 0.4) is 0 Å². The number of nitrogens with one attached hydrogen (secondary N) is 1. The first-order valence-corrected chi connectivity index (χ1v) is 6.53. The second kappa shape index (κ2) is 2.58. The van der Waals surface area contributed by atoms with Crippen LogP contribution in [0.15, 0.2) is 0 Å². The molecule has 0 aromatic heterocycles. The fourth-order valence-electron chi connectivity index (χ4n) is 5.39. The maximum absolute atomic E-state index is 11.5. The van der Waals surface area contributed by atoms with Gasteiger partial charge in [-0.25, -0.2) is 0 Å². The van der Waals surface area contributed by atoms with Gasteiger partial charge in [-0.2, -0.15) is 0 Å². The third-order valence-electron chi connectivity index (χ3n) is 5.87. The Morgan fingerprint density at radius 3 is 2.07 bits per heavy atom. The van der Waals surface area contributed by atoms with E-state index in [0.717, 1.165) is 36.6 Å². The first-order chi connectivity index (χ1) is 7.26. The monoisotopic (exact) mass is 205 g/mol. The summed E-state index contributed by atoms with van der Waals surface area (Å²) in [6, 6.07) is 0. The van der Waals surface area contributed by atoms with E-state index >= 15 is 0 Å². The van der Waals surface area contributed by atoms with Crippen LogP contribution in [0.2, 0.25) is 0 Å². The van der Waals surface area contributed by atoms with E-state index in [0.29, 0.717) is 11.3 Å². The number of amides is 1. The molecule has 1 heterocycles. The van der Waals surface area contributed by atoms with Crippen LogP contribution in [0.25, 0.3) is 0 Å². The first-order valence-electron chi connectivity index (χ1n) is 6.53. The molecule has 1 N–H and O–H groups in total. The molecule has 82 valence electrons. The van der Waals surface area contributed by atoms with Gasteiger partial charge in [-0.15, -0.1) is 0 Å². The summed E-state index contributed by atoms with van der Waals surface area (Å²) in [5.74, 6) is 4.13. The van der Waals surface area contributed by atoms with Crippen LogP contribution >= 0.6 is 0 Å². The molecule has 4 aliphatic carbocycles. The lowest BCUT2D eigenvalue weighted by Crippen LogP contribution is -2.53. The molecule has 2 nitrogen and oxygen atoms in total. The standard InChI is InChI=1S/C13H19NO/c15-12-6-13(7-14-12)10-2-8-1-9(4-10)5-11(13)3-8/h8-11H,1-7H2,(H,14,15). The molecule has 2 heteroatoms. The van der Waals surface area contributed by atoms with Crippen LogP contribution in [-0.2, 0) is 4.79 Å². The summed E-state index contributed by atoms with van der Waals surface area (Å²) >= 11 is 0. The van der Waals surface area contributed by atoms with Crippen LogP contribution in [0.5, 0.6) is 0 Å². The van der Waals surface area contributed by atoms with Crippen LogP contribution in [0.1, 0.15) is 38.5 Å². The van der Waals surface area contributed by atoms with E-state index in [1.807, 2.05) is 0 Å². The minimum atomic E-state index is 0.322. The van der Waals surface area contributed by atoms with Crippen molar-refractivity contribution in [2.45, 2.75) is 38.5 Å². The van der Waals surface area contributed by atoms with Gasteiger partial charge in [0.25, 0.3) is 0 Å². The fourth-order valence-corrected chi connectivity index (χ4v) is 5.39. The van der Waals surface area contributed by atoms with Gasteiger partial charge in [0.15, 0.2) is 0 Å². The molecule has 0 atom stereocenters. The van der Waals surface area contributed by atoms with Gasteiger partial charge in [0.2, 0.25) is 5.91 Å². The molecule has 4 bridgehead atoms. The molecule has 1 amide bonds. The molecule has 0 radical (unpaired) electrons. The summed E-state index contributed by atoms with van der Waals surface area (Å²) in [6.07, 6.45) is 8.08. The molecular formula is C13H19NO. The molecule has 4 saturated carbocycles. The van der Waals surface area contributed by atoms with Gasteiger partial charge < -0.3 is 5.32 Å². The van der Waals surface area contributed by atoms with Crippen molar-refractivity contribution in [1.82, 2.24) is 5.32 Å². The Labute approximate surface area is 90.8 Å².